The summed E-state index contributed by atoms with van der Waals surface area (Å²) in [5.74, 6) is 1.09. The highest BCUT2D eigenvalue weighted by Crippen LogP contribution is 2.26. The number of rotatable bonds is 4. The van der Waals surface area contributed by atoms with Crippen LogP contribution in [0.3, 0.4) is 0 Å². The van der Waals surface area contributed by atoms with Crippen molar-refractivity contribution in [3.05, 3.63) is 35.4 Å². The fraction of sp³-hybridized carbons (Fsp3) is 0.562. The van der Waals surface area contributed by atoms with Crippen LogP contribution in [0.15, 0.2) is 24.3 Å². The Morgan fingerprint density at radius 3 is 2.71 bits per heavy atom. The molecular weight excluding hydrogens is 208 g/mol. The lowest BCUT2D eigenvalue weighted by Gasteiger charge is -2.20. The van der Waals surface area contributed by atoms with Gasteiger partial charge in [0.05, 0.1) is 0 Å². The maximum Gasteiger partial charge on any atom is 0.137 e. The molecule has 1 aliphatic rings. The van der Waals surface area contributed by atoms with Crippen molar-refractivity contribution in [2.24, 2.45) is 5.92 Å². The van der Waals surface area contributed by atoms with Crippen LogP contribution in [0, 0.1) is 12.8 Å². The van der Waals surface area contributed by atoms with Gasteiger partial charge in [0, 0.05) is 12.8 Å². The topological polar surface area (TPSA) is 17.1 Å². The van der Waals surface area contributed by atoms with Gasteiger partial charge in [0.2, 0.25) is 0 Å². The minimum Gasteiger partial charge on any atom is -0.299 e. The van der Waals surface area contributed by atoms with E-state index in [1.807, 2.05) is 6.07 Å². The fourth-order valence-corrected chi connectivity index (χ4v) is 2.84. The van der Waals surface area contributed by atoms with Gasteiger partial charge in [-0.05, 0) is 18.4 Å². The highest BCUT2D eigenvalue weighted by molar-refractivity contribution is 5.81. The third-order valence-electron chi connectivity index (χ3n) is 3.72. The molecule has 92 valence electrons. The molecule has 17 heavy (non-hydrogen) atoms. The van der Waals surface area contributed by atoms with Crippen molar-refractivity contribution >= 4 is 5.78 Å². The monoisotopic (exact) mass is 230 g/mol. The van der Waals surface area contributed by atoms with Crippen LogP contribution in [0.5, 0.6) is 0 Å². The lowest BCUT2D eigenvalue weighted by molar-refractivity contribution is -0.119. The molecule has 2 rings (SSSR count). The number of hydrogen-bond acceptors (Lipinski definition) is 1. The highest BCUT2D eigenvalue weighted by Gasteiger charge is 2.16. The van der Waals surface area contributed by atoms with Gasteiger partial charge in [0.25, 0.3) is 0 Å². The molecule has 1 nitrogen and oxygen atoms in total. The molecule has 0 spiro atoms. The average Bonchev–Trinajstić information content (AvgIpc) is 2.30. The van der Waals surface area contributed by atoms with E-state index in [4.69, 9.17) is 0 Å². The Morgan fingerprint density at radius 1 is 1.24 bits per heavy atom. The minimum absolute atomic E-state index is 0.419. The Labute approximate surface area is 104 Å². The number of hydrogen-bond donors (Lipinski definition) is 0. The van der Waals surface area contributed by atoms with Gasteiger partial charge in [0.15, 0.2) is 0 Å². The lowest BCUT2D eigenvalue weighted by Crippen LogP contribution is -2.13. The largest absolute Gasteiger partial charge is 0.299 e. The van der Waals surface area contributed by atoms with Crippen molar-refractivity contribution < 1.29 is 4.79 Å². The number of carbonyl (C=O) groups excluding carboxylic acids is 1. The van der Waals surface area contributed by atoms with Crippen molar-refractivity contribution in [1.29, 1.82) is 0 Å². The van der Waals surface area contributed by atoms with Crippen LogP contribution in [0.2, 0.25) is 0 Å². The Kier molecular flexibility index (Phi) is 4.36. The van der Waals surface area contributed by atoms with Gasteiger partial charge >= 0.3 is 0 Å². The van der Waals surface area contributed by atoms with Gasteiger partial charge in [-0.25, -0.2) is 0 Å². The maximum atomic E-state index is 12.0. The zero-order chi connectivity index (χ0) is 12.1. The van der Waals surface area contributed by atoms with E-state index in [0.717, 1.165) is 6.42 Å². The summed E-state index contributed by atoms with van der Waals surface area (Å²) in [6.07, 6.45) is 7.96. The maximum absolute atomic E-state index is 12.0. The van der Waals surface area contributed by atoms with Crippen molar-refractivity contribution in [2.75, 3.05) is 0 Å². The van der Waals surface area contributed by atoms with E-state index in [2.05, 4.69) is 25.1 Å². The Bertz CT molecular complexity index is 375. The zero-order valence-corrected chi connectivity index (χ0v) is 10.7. The normalized spacial score (nSPS) is 17.0. The molecule has 1 saturated carbocycles. The number of Topliss-reactive ketones (excluding diaryl/α,β-unsaturated/α-hetero) is 1. The van der Waals surface area contributed by atoms with E-state index >= 15 is 0 Å². The second kappa shape index (κ2) is 6.00. The molecule has 0 aliphatic heterocycles. The molecule has 0 atom stereocenters. The predicted octanol–water partition coefficient (Wildman–Crippen LogP) is 4.08. The molecule has 0 heterocycles. The summed E-state index contributed by atoms with van der Waals surface area (Å²) in [6.45, 7) is 2.08. The van der Waals surface area contributed by atoms with Crippen LogP contribution in [0.4, 0.5) is 0 Å². The molecule has 0 unspecified atom stereocenters. The molecule has 1 heteroatoms. The first-order chi connectivity index (χ1) is 8.24. The fourth-order valence-electron chi connectivity index (χ4n) is 2.84. The summed E-state index contributed by atoms with van der Waals surface area (Å²) in [7, 11) is 0. The van der Waals surface area contributed by atoms with Crippen LogP contribution in [-0.4, -0.2) is 5.78 Å². The van der Waals surface area contributed by atoms with E-state index in [1.165, 1.54) is 43.2 Å². The molecule has 1 aliphatic carbocycles. The lowest BCUT2D eigenvalue weighted by atomic mass is 9.85. The average molecular weight is 230 g/mol. The molecule has 1 aromatic rings. The van der Waals surface area contributed by atoms with Crippen LogP contribution in [0.25, 0.3) is 0 Å². The molecule has 0 amide bonds. The van der Waals surface area contributed by atoms with Gasteiger partial charge in [-0.15, -0.1) is 0 Å². The number of ketones is 1. The predicted molar refractivity (Wildman–Crippen MR) is 71.1 cm³/mol. The third kappa shape index (κ3) is 3.99. The van der Waals surface area contributed by atoms with Crippen LogP contribution in [0.1, 0.15) is 49.7 Å². The first-order valence-corrected chi connectivity index (χ1v) is 6.81. The van der Waals surface area contributed by atoms with Gasteiger partial charge in [0.1, 0.15) is 5.78 Å². The first-order valence-electron chi connectivity index (χ1n) is 6.81. The van der Waals surface area contributed by atoms with Crippen molar-refractivity contribution in [3.8, 4) is 0 Å². The summed E-state index contributed by atoms with van der Waals surface area (Å²) < 4.78 is 0. The molecule has 0 N–H and O–H groups in total. The van der Waals surface area contributed by atoms with Crippen molar-refractivity contribution in [1.82, 2.24) is 0 Å². The molecule has 1 fully saturated rings. The van der Waals surface area contributed by atoms with Gasteiger partial charge in [-0.2, -0.15) is 0 Å². The van der Waals surface area contributed by atoms with Gasteiger partial charge < -0.3 is 0 Å². The smallest absolute Gasteiger partial charge is 0.137 e. The molecule has 0 saturated heterocycles. The Hall–Kier alpha value is -1.11. The second-order valence-corrected chi connectivity index (χ2v) is 5.41. The van der Waals surface area contributed by atoms with Crippen LogP contribution in [-0.2, 0) is 11.2 Å². The molecule has 1 aromatic carbocycles. The zero-order valence-electron chi connectivity index (χ0n) is 10.7. The Morgan fingerprint density at radius 2 is 2.00 bits per heavy atom. The van der Waals surface area contributed by atoms with Gasteiger partial charge in [-0.1, -0.05) is 61.9 Å². The second-order valence-electron chi connectivity index (χ2n) is 5.41. The summed E-state index contributed by atoms with van der Waals surface area (Å²) in [5.41, 5.74) is 2.42. The molecule has 0 bridgehead atoms. The van der Waals surface area contributed by atoms with E-state index in [0.29, 0.717) is 18.1 Å². The van der Waals surface area contributed by atoms with E-state index in [1.54, 1.807) is 0 Å². The van der Waals surface area contributed by atoms with E-state index in [-0.39, 0.29) is 0 Å². The number of benzene rings is 1. The van der Waals surface area contributed by atoms with Crippen LogP contribution < -0.4 is 0 Å². The first kappa shape index (κ1) is 12.3. The highest BCUT2D eigenvalue weighted by atomic mass is 16.1. The third-order valence-corrected chi connectivity index (χ3v) is 3.72. The summed E-state index contributed by atoms with van der Waals surface area (Å²) in [4.78, 5) is 12.0. The minimum atomic E-state index is 0.419. The molecular formula is C16H22O. The SMILES string of the molecule is Cc1cccc(CC(=O)CC2CCCCC2)c1. The number of carbonyl (C=O) groups is 1. The summed E-state index contributed by atoms with van der Waals surface area (Å²) >= 11 is 0. The summed E-state index contributed by atoms with van der Waals surface area (Å²) in [5, 5.41) is 0. The standard InChI is InChI=1S/C16H22O/c1-13-6-5-9-15(10-13)12-16(17)11-14-7-3-2-4-8-14/h5-6,9-10,14H,2-4,7-8,11-12H2,1H3. The molecule has 0 aromatic heterocycles. The summed E-state index contributed by atoms with van der Waals surface area (Å²) in [6, 6.07) is 8.30. The van der Waals surface area contributed by atoms with E-state index in [9.17, 15) is 4.79 Å². The van der Waals surface area contributed by atoms with Gasteiger partial charge in [-0.3, -0.25) is 4.79 Å². The van der Waals surface area contributed by atoms with Crippen LogP contribution >= 0.6 is 0 Å². The number of aryl methyl sites for hydroxylation is 1. The quantitative estimate of drug-likeness (QED) is 0.761. The van der Waals surface area contributed by atoms with E-state index < -0.39 is 0 Å². The molecule has 0 radical (unpaired) electrons. The van der Waals surface area contributed by atoms with Crippen molar-refractivity contribution in [3.63, 3.8) is 0 Å². The van der Waals surface area contributed by atoms with Crippen molar-refractivity contribution in [2.45, 2.75) is 51.9 Å². The Balaban J connectivity index is 1.84.